The Morgan fingerprint density at radius 1 is 1.33 bits per heavy atom. The molecule has 4 rings (SSSR count). The molecular weight excluding hydrogens is 342 g/mol. The molecule has 0 saturated carbocycles. The third-order valence-electron chi connectivity index (χ3n) is 5.67. The van der Waals surface area contributed by atoms with Crippen LogP contribution in [0.3, 0.4) is 0 Å². The van der Waals surface area contributed by atoms with Gasteiger partial charge in [0, 0.05) is 38.3 Å². The van der Waals surface area contributed by atoms with E-state index in [4.69, 9.17) is 4.74 Å². The van der Waals surface area contributed by atoms with E-state index in [-0.39, 0.29) is 17.6 Å². The zero-order chi connectivity index (χ0) is 19.0. The fourth-order valence-electron chi connectivity index (χ4n) is 4.10. The summed E-state index contributed by atoms with van der Waals surface area (Å²) >= 11 is 0. The first-order chi connectivity index (χ1) is 13.0. The fourth-order valence-corrected chi connectivity index (χ4v) is 4.10. The van der Waals surface area contributed by atoms with E-state index >= 15 is 0 Å². The van der Waals surface area contributed by atoms with Crippen LogP contribution in [0.15, 0.2) is 36.7 Å². The average Bonchev–Trinajstić information content (AvgIpc) is 3.15. The molecule has 1 atom stereocenters. The summed E-state index contributed by atoms with van der Waals surface area (Å²) in [5, 5.41) is 4.18. The Hall–Kier alpha value is -2.63. The van der Waals surface area contributed by atoms with Gasteiger partial charge in [-0.15, -0.1) is 0 Å². The first-order valence-electron chi connectivity index (χ1n) is 9.55. The molecule has 2 aromatic rings. The lowest BCUT2D eigenvalue weighted by Gasteiger charge is -2.44. The maximum Gasteiger partial charge on any atom is 0.227 e. The van der Waals surface area contributed by atoms with Crippen molar-refractivity contribution in [1.29, 1.82) is 0 Å². The summed E-state index contributed by atoms with van der Waals surface area (Å²) in [6.45, 7) is 5.74. The lowest BCUT2D eigenvalue weighted by atomic mass is 9.82. The second-order valence-electron chi connectivity index (χ2n) is 7.84. The van der Waals surface area contributed by atoms with Gasteiger partial charge in [-0.1, -0.05) is 18.6 Å². The molecule has 1 fully saturated rings. The number of fused-ring (bicyclic) bond motifs is 1. The Kier molecular flexibility index (Phi) is 4.50. The monoisotopic (exact) mass is 367 g/mol. The predicted molar refractivity (Wildman–Crippen MR) is 101 cm³/mol. The molecule has 2 aliphatic heterocycles. The summed E-state index contributed by atoms with van der Waals surface area (Å²) < 4.78 is 8.07. The fraction of sp³-hybridized carbons (Fsp3) is 0.476. The molecule has 1 aromatic carbocycles. The molecule has 0 bridgehead atoms. The number of ketones is 1. The molecule has 3 heterocycles. The summed E-state index contributed by atoms with van der Waals surface area (Å²) in [6, 6.07) is 7.63. The van der Waals surface area contributed by atoms with Crippen molar-refractivity contribution in [2.24, 2.45) is 5.92 Å². The Morgan fingerprint density at radius 3 is 2.81 bits per heavy atom. The number of amides is 1. The maximum atomic E-state index is 12.8. The van der Waals surface area contributed by atoms with Crippen LogP contribution in [0.25, 0.3) is 0 Å². The van der Waals surface area contributed by atoms with Crippen molar-refractivity contribution >= 4 is 11.7 Å². The van der Waals surface area contributed by atoms with Gasteiger partial charge in [0.05, 0.1) is 24.4 Å². The summed E-state index contributed by atoms with van der Waals surface area (Å²) in [4.78, 5) is 27.3. The van der Waals surface area contributed by atoms with E-state index in [1.165, 1.54) is 0 Å². The number of carbonyl (C=O) groups is 2. The van der Waals surface area contributed by atoms with Crippen LogP contribution in [0.5, 0.6) is 5.75 Å². The van der Waals surface area contributed by atoms with Gasteiger partial charge in [0.15, 0.2) is 5.78 Å². The smallest absolute Gasteiger partial charge is 0.227 e. The van der Waals surface area contributed by atoms with E-state index in [1.54, 1.807) is 10.9 Å². The third kappa shape index (κ3) is 3.48. The van der Waals surface area contributed by atoms with Crippen LogP contribution in [0, 0.1) is 12.8 Å². The number of nitrogens with zero attached hydrogens (tertiary/aromatic N) is 3. The van der Waals surface area contributed by atoms with Gasteiger partial charge in [-0.05, 0) is 25.1 Å². The molecule has 142 valence electrons. The largest absolute Gasteiger partial charge is 0.486 e. The number of Topliss-reactive ketones (excluding diaryl/α,β-unsaturated/α-hetero) is 1. The van der Waals surface area contributed by atoms with Gasteiger partial charge in [-0.2, -0.15) is 5.10 Å². The van der Waals surface area contributed by atoms with Crippen molar-refractivity contribution in [1.82, 2.24) is 14.7 Å². The van der Waals surface area contributed by atoms with Crippen LogP contribution in [-0.2, 0) is 11.3 Å². The predicted octanol–water partition coefficient (Wildman–Crippen LogP) is 2.85. The number of piperidine rings is 1. The minimum Gasteiger partial charge on any atom is -0.486 e. The molecule has 6 heteroatoms. The zero-order valence-corrected chi connectivity index (χ0v) is 15.9. The van der Waals surface area contributed by atoms with E-state index < -0.39 is 5.60 Å². The third-order valence-corrected chi connectivity index (χ3v) is 5.67. The molecule has 0 radical (unpaired) electrons. The molecule has 1 spiro atoms. The normalized spacial score (nSPS) is 19.5. The maximum absolute atomic E-state index is 12.8. The summed E-state index contributed by atoms with van der Waals surface area (Å²) in [6.07, 6.45) is 5.36. The quantitative estimate of drug-likeness (QED) is 0.837. The van der Waals surface area contributed by atoms with E-state index in [0.717, 1.165) is 5.56 Å². The molecule has 27 heavy (non-hydrogen) atoms. The van der Waals surface area contributed by atoms with E-state index in [2.05, 4.69) is 5.10 Å². The van der Waals surface area contributed by atoms with Crippen LogP contribution < -0.4 is 4.74 Å². The Balaban J connectivity index is 1.40. The van der Waals surface area contributed by atoms with Crippen LogP contribution in [-0.4, -0.2) is 45.1 Å². The zero-order valence-electron chi connectivity index (χ0n) is 15.9. The second kappa shape index (κ2) is 6.83. The highest BCUT2D eigenvalue weighted by Crippen LogP contribution is 2.39. The number of ether oxygens (including phenoxy) is 1. The van der Waals surface area contributed by atoms with Crippen molar-refractivity contribution in [2.45, 2.75) is 45.3 Å². The number of rotatable bonds is 3. The van der Waals surface area contributed by atoms with Gasteiger partial charge in [0.1, 0.15) is 11.4 Å². The van der Waals surface area contributed by atoms with Gasteiger partial charge in [0.2, 0.25) is 5.91 Å². The molecular formula is C21H25N3O3. The van der Waals surface area contributed by atoms with Gasteiger partial charge >= 0.3 is 0 Å². The van der Waals surface area contributed by atoms with Gasteiger partial charge in [0.25, 0.3) is 0 Å². The molecule has 2 aliphatic rings. The average molecular weight is 367 g/mol. The number of aryl methyl sites for hydroxylation is 1. The minimum atomic E-state index is -0.471. The van der Waals surface area contributed by atoms with Crippen molar-refractivity contribution in [3.63, 3.8) is 0 Å². The Bertz CT molecular complexity index is 852. The molecule has 6 nitrogen and oxygen atoms in total. The number of carbonyl (C=O) groups excluding carboxylic acids is 2. The standard InChI is InChI=1S/C21H25N3O3/c1-15-4-5-19-17(12-15)18(25)13-21(27-19)6-10-23(11-7-21)20(26)16(2)14-24-9-3-8-22-24/h3-5,8-9,12,16H,6-7,10-11,13-14H2,1-2H3/t16-/m0/s1. The number of aromatic nitrogens is 2. The lowest BCUT2D eigenvalue weighted by Crippen LogP contribution is -2.53. The molecule has 1 aromatic heterocycles. The van der Waals surface area contributed by atoms with E-state index in [9.17, 15) is 9.59 Å². The number of benzene rings is 1. The number of hydrogen-bond donors (Lipinski definition) is 0. The van der Waals surface area contributed by atoms with Crippen LogP contribution in [0.4, 0.5) is 0 Å². The summed E-state index contributed by atoms with van der Waals surface area (Å²) in [5.74, 6) is 0.838. The Labute approximate surface area is 159 Å². The molecule has 0 unspecified atom stereocenters. The van der Waals surface area contributed by atoms with Crippen molar-refractivity contribution in [3.05, 3.63) is 47.8 Å². The first-order valence-corrected chi connectivity index (χ1v) is 9.55. The summed E-state index contributed by atoms with van der Waals surface area (Å²) in [5.41, 5.74) is 1.28. The lowest BCUT2D eigenvalue weighted by molar-refractivity contribution is -0.139. The Morgan fingerprint density at radius 2 is 2.11 bits per heavy atom. The second-order valence-corrected chi connectivity index (χ2v) is 7.84. The highest BCUT2D eigenvalue weighted by molar-refractivity contribution is 6.00. The van der Waals surface area contributed by atoms with E-state index in [1.807, 2.05) is 49.2 Å². The molecule has 0 N–H and O–H groups in total. The van der Waals surface area contributed by atoms with Crippen molar-refractivity contribution in [2.75, 3.05) is 13.1 Å². The molecule has 1 amide bonds. The highest BCUT2D eigenvalue weighted by Gasteiger charge is 2.44. The van der Waals surface area contributed by atoms with Crippen molar-refractivity contribution in [3.8, 4) is 5.75 Å². The van der Waals surface area contributed by atoms with E-state index in [0.29, 0.717) is 50.2 Å². The summed E-state index contributed by atoms with van der Waals surface area (Å²) in [7, 11) is 0. The van der Waals surface area contributed by atoms with Crippen LogP contribution in [0.1, 0.15) is 42.1 Å². The van der Waals surface area contributed by atoms with Gasteiger partial charge in [-0.3, -0.25) is 14.3 Å². The minimum absolute atomic E-state index is 0.128. The first kappa shape index (κ1) is 17.8. The highest BCUT2D eigenvalue weighted by atomic mass is 16.5. The SMILES string of the molecule is Cc1ccc2c(c1)C(=O)CC1(CCN(C(=O)[C@@H](C)Cn3cccn3)CC1)O2. The number of likely N-dealkylation sites (tertiary alicyclic amines) is 1. The van der Waals surface area contributed by atoms with Crippen LogP contribution >= 0.6 is 0 Å². The van der Waals surface area contributed by atoms with Crippen LogP contribution in [0.2, 0.25) is 0 Å². The van der Waals surface area contributed by atoms with Gasteiger partial charge in [-0.25, -0.2) is 0 Å². The topological polar surface area (TPSA) is 64.4 Å². The number of hydrogen-bond acceptors (Lipinski definition) is 4. The molecule has 0 aliphatic carbocycles. The molecule has 1 saturated heterocycles. The van der Waals surface area contributed by atoms with Crippen molar-refractivity contribution < 1.29 is 14.3 Å². The van der Waals surface area contributed by atoms with Gasteiger partial charge < -0.3 is 9.64 Å².